The number of fused-ring (bicyclic) bond motifs is 1. The third-order valence-electron chi connectivity index (χ3n) is 7.24. The van der Waals surface area contributed by atoms with Crippen molar-refractivity contribution < 1.29 is 19.0 Å². The molecule has 0 saturated carbocycles. The van der Waals surface area contributed by atoms with Crippen LogP contribution >= 0.6 is 12.2 Å². The van der Waals surface area contributed by atoms with Crippen LogP contribution in [0.3, 0.4) is 0 Å². The first kappa shape index (κ1) is 23.7. The molecule has 0 atom stereocenters. The van der Waals surface area contributed by atoms with E-state index in [0.29, 0.717) is 26.2 Å². The second-order valence-corrected chi connectivity index (χ2v) is 9.99. The number of piperidine rings is 1. The van der Waals surface area contributed by atoms with Gasteiger partial charge in [-0.15, -0.1) is 0 Å². The van der Waals surface area contributed by atoms with Crippen molar-refractivity contribution in [3.8, 4) is 17.2 Å². The van der Waals surface area contributed by atoms with Gasteiger partial charge in [0.2, 0.25) is 5.91 Å². The molecule has 2 aromatic rings. The van der Waals surface area contributed by atoms with Gasteiger partial charge in [0, 0.05) is 44.4 Å². The third-order valence-corrected chi connectivity index (χ3v) is 7.60. The lowest BCUT2D eigenvalue weighted by molar-refractivity contribution is -0.133. The summed E-state index contributed by atoms with van der Waals surface area (Å²) in [6, 6.07) is 15.6. The van der Waals surface area contributed by atoms with Crippen LogP contribution in [0.15, 0.2) is 48.5 Å². The summed E-state index contributed by atoms with van der Waals surface area (Å²) in [5, 5.41) is 4.11. The van der Waals surface area contributed by atoms with Gasteiger partial charge in [0.05, 0.1) is 6.61 Å². The fourth-order valence-corrected chi connectivity index (χ4v) is 5.43. The summed E-state index contributed by atoms with van der Waals surface area (Å²) in [6.45, 7) is 5.26. The molecule has 35 heavy (non-hydrogen) atoms. The molecule has 3 aliphatic rings. The van der Waals surface area contributed by atoms with Crippen LogP contribution in [0.25, 0.3) is 0 Å². The maximum Gasteiger partial charge on any atom is 0.222 e. The maximum atomic E-state index is 12.7. The fraction of sp³-hybridized carbons (Fsp3) is 0.481. The standard InChI is InChI=1S/C27H33N3O4S/c31-25(7-4-16-32-22-5-2-1-3-6-22)29-13-10-27(11-14-29)12-15-30(20-27)26(35)28-21-8-9-23-24(19-21)34-18-17-33-23/h1-3,5-6,8-9,19H,4,7,10-18,20H2,(H,28,35). The number of nitrogens with zero attached hydrogens (tertiary/aromatic N) is 2. The number of anilines is 1. The van der Waals surface area contributed by atoms with E-state index in [0.717, 1.165) is 79.9 Å². The molecule has 0 radical (unpaired) electrons. The number of carbonyl (C=O) groups excluding carboxylic acids is 1. The van der Waals surface area contributed by atoms with Gasteiger partial charge >= 0.3 is 0 Å². The second kappa shape index (κ2) is 10.7. The normalized spacial score (nSPS) is 18.4. The molecule has 3 heterocycles. The average molecular weight is 496 g/mol. The smallest absolute Gasteiger partial charge is 0.222 e. The van der Waals surface area contributed by atoms with Crippen LogP contribution in [-0.2, 0) is 4.79 Å². The molecular weight excluding hydrogens is 462 g/mol. The van der Waals surface area contributed by atoms with Crippen molar-refractivity contribution in [3.63, 3.8) is 0 Å². The van der Waals surface area contributed by atoms with E-state index in [-0.39, 0.29) is 11.3 Å². The number of para-hydroxylation sites is 1. The van der Waals surface area contributed by atoms with Gasteiger partial charge in [0.25, 0.3) is 0 Å². The molecule has 2 saturated heterocycles. The molecule has 1 spiro atoms. The summed E-state index contributed by atoms with van der Waals surface area (Å²) < 4.78 is 17.0. The van der Waals surface area contributed by atoms with Gasteiger partial charge in [-0.05, 0) is 67.6 Å². The molecule has 2 aromatic carbocycles. The molecule has 186 valence electrons. The quantitative estimate of drug-likeness (QED) is 0.473. The van der Waals surface area contributed by atoms with Crippen molar-refractivity contribution in [1.82, 2.24) is 9.80 Å². The van der Waals surface area contributed by atoms with Crippen LogP contribution in [0, 0.1) is 5.41 Å². The van der Waals surface area contributed by atoms with Crippen molar-refractivity contribution in [2.75, 3.05) is 51.3 Å². The minimum atomic E-state index is 0.238. The third kappa shape index (κ3) is 5.81. The second-order valence-electron chi connectivity index (χ2n) is 9.61. The molecule has 7 nitrogen and oxygen atoms in total. The molecule has 2 fully saturated rings. The summed E-state index contributed by atoms with van der Waals surface area (Å²) >= 11 is 5.73. The Balaban J connectivity index is 1.05. The van der Waals surface area contributed by atoms with Crippen LogP contribution in [0.5, 0.6) is 17.2 Å². The highest BCUT2D eigenvalue weighted by Gasteiger charge is 2.42. The minimum absolute atomic E-state index is 0.238. The average Bonchev–Trinajstić information content (AvgIpc) is 3.31. The van der Waals surface area contributed by atoms with E-state index in [1.54, 1.807) is 0 Å². The number of carbonyl (C=O) groups is 1. The zero-order valence-corrected chi connectivity index (χ0v) is 20.9. The summed E-state index contributed by atoms with van der Waals surface area (Å²) in [6.07, 6.45) is 4.45. The van der Waals surface area contributed by atoms with E-state index in [2.05, 4.69) is 10.2 Å². The zero-order valence-electron chi connectivity index (χ0n) is 20.0. The lowest BCUT2D eigenvalue weighted by atomic mass is 9.77. The molecule has 0 bridgehead atoms. The van der Waals surface area contributed by atoms with Gasteiger partial charge in [-0.25, -0.2) is 0 Å². The van der Waals surface area contributed by atoms with Crippen molar-refractivity contribution in [3.05, 3.63) is 48.5 Å². The Kier molecular flexibility index (Phi) is 7.27. The monoisotopic (exact) mass is 495 g/mol. The van der Waals surface area contributed by atoms with Crippen molar-refractivity contribution in [1.29, 1.82) is 0 Å². The number of ether oxygens (including phenoxy) is 3. The fourth-order valence-electron chi connectivity index (χ4n) is 5.16. The van der Waals surface area contributed by atoms with E-state index in [1.165, 1.54) is 0 Å². The van der Waals surface area contributed by atoms with E-state index in [4.69, 9.17) is 26.4 Å². The highest BCUT2D eigenvalue weighted by molar-refractivity contribution is 7.80. The minimum Gasteiger partial charge on any atom is -0.494 e. The first-order valence-corrected chi connectivity index (χ1v) is 12.9. The van der Waals surface area contributed by atoms with Crippen molar-refractivity contribution in [2.45, 2.75) is 32.1 Å². The maximum absolute atomic E-state index is 12.7. The Hall–Kier alpha value is -3.00. The summed E-state index contributed by atoms with van der Waals surface area (Å²) in [7, 11) is 0. The number of hydrogen-bond donors (Lipinski definition) is 1. The molecule has 1 amide bonds. The number of nitrogens with one attached hydrogen (secondary N) is 1. The zero-order chi connectivity index (χ0) is 24.1. The Morgan fingerprint density at radius 3 is 2.46 bits per heavy atom. The number of likely N-dealkylation sites (tertiary alicyclic amines) is 2. The highest BCUT2D eigenvalue weighted by atomic mass is 32.1. The lowest BCUT2D eigenvalue weighted by Gasteiger charge is -2.39. The van der Waals surface area contributed by atoms with Crippen LogP contribution in [0.4, 0.5) is 5.69 Å². The Morgan fingerprint density at radius 2 is 1.69 bits per heavy atom. The van der Waals surface area contributed by atoms with Crippen molar-refractivity contribution in [2.24, 2.45) is 5.41 Å². The predicted molar refractivity (Wildman–Crippen MR) is 139 cm³/mol. The molecule has 0 aliphatic carbocycles. The lowest BCUT2D eigenvalue weighted by Crippen LogP contribution is -2.45. The number of amides is 1. The first-order chi connectivity index (χ1) is 17.1. The van der Waals surface area contributed by atoms with Gasteiger partial charge in [-0.3, -0.25) is 4.79 Å². The van der Waals surface area contributed by atoms with E-state index in [9.17, 15) is 4.79 Å². The van der Waals surface area contributed by atoms with Crippen LogP contribution in [0.2, 0.25) is 0 Å². The van der Waals surface area contributed by atoms with Gasteiger partial charge < -0.3 is 29.3 Å². The molecule has 5 rings (SSSR count). The van der Waals surface area contributed by atoms with Crippen LogP contribution in [-0.4, -0.2) is 66.8 Å². The number of hydrogen-bond acceptors (Lipinski definition) is 5. The molecule has 8 heteroatoms. The summed E-state index contributed by atoms with van der Waals surface area (Å²) in [5.41, 5.74) is 1.16. The van der Waals surface area contributed by atoms with Gasteiger partial charge in [-0.2, -0.15) is 0 Å². The van der Waals surface area contributed by atoms with E-state index < -0.39 is 0 Å². The number of rotatable bonds is 6. The van der Waals surface area contributed by atoms with E-state index >= 15 is 0 Å². The van der Waals surface area contributed by atoms with Gasteiger partial charge in [-0.1, -0.05) is 18.2 Å². The van der Waals surface area contributed by atoms with Gasteiger partial charge in [0.15, 0.2) is 16.6 Å². The molecule has 3 aliphatic heterocycles. The number of benzene rings is 2. The largest absolute Gasteiger partial charge is 0.494 e. The topological polar surface area (TPSA) is 63.3 Å². The number of thiocarbonyl (C=S) groups is 1. The van der Waals surface area contributed by atoms with Gasteiger partial charge in [0.1, 0.15) is 19.0 Å². The Bertz CT molecular complexity index is 1040. The van der Waals surface area contributed by atoms with Crippen molar-refractivity contribution >= 4 is 28.9 Å². The highest BCUT2D eigenvalue weighted by Crippen LogP contribution is 2.41. The van der Waals surface area contributed by atoms with Crippen LogP contribution in [0.1, 0.15) is 32.1 Å². The summed E-state index contributed by atoms with van der Waals surface area (Å²) in [5.74, 6) is 2.62. The first-order valence-electron chi connectivity index (χ1n) is 12.5. The van der Waals surface area contributed by atoms with E-state index in [1.807, 2.05) is 53.4 Å². The Labute approximate surface area is 212 Å². The Morgan fingerprint density at radius 1 is 0.971 bits per heavy atom. The molecular formula is C27H33N3O4S. The van der Waals surface area contributed by atoms with Crippen LogP contribution < -0.4 is 19.5 Å². The predicted octanol–water partition coefficient (Wildman–Crippen LogP) is 4.33. The molecule has 1 N–H and O–H groups in total. The SMILES string of the molecule is O=C(CCCOc1ccccc1)N1CCC2(CC1)CCN(C(=S)Nc1ccc3c(c1)OCCO3)C2. The summed E-state index contributed by atoms with van der Waals surface area (Å²) in [4.78, 5) is 17.0. The molecule has 0 aromatic heterocycles. The molecule has 0 unspecified atom stereocenters.